The van der Waals surface area contributed by atoms with E-state index in [1.807, 2.05) is 0 Å². The van der Waals surface area contributed by atoms with E-state index in [1.165, 1.54) is 12.0 Å². The molecule has 0 radical (unpaired) electrons. The lowest BCUT2D eigenvalue weighted by Gasteiger charge is -2.44. The molecule has 25 heavy (non-hydrogen) atoms. The number of thiophene rings is 1. The average molecular weight is 378 g/mol. The van der Waals surface area contributed by atoms with Crippen LogP contribution in [-0.4, -0.2) is 46.7 Å². The number of piperidine rings is 2. The smallest absolute Gasteiger partial charge is 0.475 e. The normalized spacial score (nSPS) is 20.5. The molecule has 9 heteroatoms. The molecule has 0 saturated carbocycles. The first kappa shape index (κ1) is 19.7. The standard InChI is InChI=1S/C14H20N2OS.C2HF3O2/c17-13-2-1-4-14(15-13)5-7-16(8-6-14)10-12-3-9-18-11-12;3-2(4,5)1(6)7/h3,9,11H,1-2,4-8,10H2,(H,15,17);(H,6,7). The van der Waals surface area contributed by atoms with Crippen molar-refractivity contribution in [2.24, 2.45) is 0 Å². The molecular weight excluding hydrogens is 357 g/mol. The number of amides is 1. The molecule has 2 aliphatic rings. The molecule has 2 N–H and O–H groups in total. The van der Waals surface area contributed by atoms with E-state index in [0.29, 0.717) is 0 Å². The Bertz CT molecular complexity index is 582. The highest BCUT2D eigenvalue weighted by Crippen LogP contribution is 2.31. The molecule has 1 aromatic rings. The molecule has 2 aliphatic heterocycles. The number of hydrogen-bond donors (Lipinski definition) is 2. The number of rotatable bonds is 2. The van der Waals surface area contributed by atoms with E-state index in [9.17, 15) is 18.0 Å². The molecule has 5 nitrogen and oxygen atoms in total. The number of aliphatic carboxylic acids is 1. The second-order valence-corrected chi connectivity index (χ2v) is 7.17. The minimum Gasteiger partial charge on any atom is -0.475 e. The molecule has 0 bridgehead atoms. The molecular formula is C16H21F3N2O3S. The number of nitrogens with one attached hydrogen (secondary N) is 1. The summed E-state index contributed by atoms with van der Waals surface area (Å²) in [6.07, 6.45) is 0.105. The zero-order valence-electron chi connectivity index (χ0n) is 13.6. The lowest BCUT2D eigenvalue weighted by atomic mass is 9.80. The van der Waals surface area contributed by atoms with Crippen LogP contribution in [0.25, 0.3) is 0 Å². The van der Waals surface area contributed by atoms with E-state index in [1.54, 1.807) is 11.3 Å². The molecule has 0 aliphatic carbocycles. The van der Waals surface area contributed by atoms with E-state index >= 15 is 0 Å². The van der Waals surface area contributed by atoms with Gasteiger partial charge in [-0.2, -0.15) is 24.5 Å². The first-order valence-corrected chi connectivity index (χ1v) is 8.99. The van der Waals surface area contributed by atoms with Crippen LogP contribution < -0.4 is 5.32 Å². The highest BCUT2D eigenvalue weighted by molar-refractivity contribution is 7.07. The van der Waals surface area contributed by atoms with Gasteiger partial charge in [-0.3, -0.25) is 9.69 Å². The highest BCUT2D eigenvalue weighted by atomic mass is 32.1. The molecule has 1 amide bonds. The number of likely N-dealkylation sites (tertiary alicyclic amines) is 1. The van der Waals surface area contributed by atoms with Gasteiger partial charge < -0.3 is 10.4 Å². The number of carbonyl (C=O) groups is 2. The quantitative estimate of drug-likeness (QED) is 0.830. The fourth-order valence-corrected chi connectivity index (χ4v) is 3.82. The minimum atomic E-state index is -5.08. The number of carboxylic acid groups (broad SMARTS) is 1. The second kappa shape index (κ2) is 8.18. The SMILES string of the molecule is O=C(O)C(F)(F)F.O=C1CCCC2(CCN(Cc3ccsc3)CC2)N1. The molecule has 0 atom stereocenters. The summed E-state index contributed by atoms with van der Waals surface area (Å²) in [6.45, 7) is 3.28. The van der Waals surface area contributed by atoms with Crippen molar-refractivity contribution in [3.8, 4) is 0 Å². The summed E-state index contributed by atoms with van der Waals surface area (Å²) in [5.74, 6) is -2.50. The van der Waals surface area contributed by atoms with Crippen LogP contribution in [0, 0.1) is 0 Å². The molecule has 2 fully saturated rings. The maximum atomic E-state index is 11.6. The Balaban J connectivity index is 0.000000277. The molecule has 1 spiro atoms. The zero-order chi connectivity index (χ0) is 18.5. The summed E-state index contributed by atoms with van der Waals surface area (Å²) in [5, 5.41) is 14.7. The van der Waals surface area contributed by atoms with Crippen molar-refractivity contribution in [3.05, 3.63) is 22.4 Å². The lowest BCUT2D eigenvalue weighted by molar-refractivity contribution is -0.192. The molecule has 3 heterocycles. The van der Waals surface area contributed by atoms with Gasteiger partial charge in [-0.25, -0.2) is 4.79 Å². The maximum absolute atomic E-state index is 11.6. The molecule has 1 aromatic heterocycles. The van der Waals surface area contributed by atoms with E-state index < -0.39 is 12.1 Å². The topological polar surface area (TPSA) is 69.6 Å². The van der Waals surface area contributed by atoms with Crippen molar-refractivity contribution in [1.29, 1.82) is 0 Å². The van der Waals surface area contributed by atoms with Crippen LogP contribution in [0.4, 0.5) is 13.2 Å². The van der Waals surface area contributed by atoms with Crippen LogP contribution in [0.5, 0.6) is 0 Å². The number of hydrogen-bond acceptors (Lipinski definition) is 4. The van der Waals surface area contributed by atoms with Crippen molar-refractivity contribution in [1.82, 2.24) is 10.2 Å². The first-order chi connectivity index (χ1) is 11.7. The van der Waals surface area contributed by atoms with Crippen molar-refractivity contribution in [2.75, 3.05) is 13.1 Å². The van der Waals surface area contributed by atoms with Gasteiger partial charge in [0.15, 0.2) is 0 Å². The molecule has 140 valence electrons. The number of carboxylic acids is 1. The Morgan fingerprint density at radius 3 is 2.44 bits per heavy atom. The van der Waals surface area contributed by atoms with Crippen molar-refractivity contribution < 1.29 is 27.9 Å². The summed E-state index contributed by atoms with van der Waals surface area (Å²) in [6, 6.07) is 2.21. The number of alkyl halides is 3. The number of halogens is 3. The summed E-state index contributed by atoms with van der Waals surface area (Å²) < 4.78 is 31.7. The van der Waals surface area contributed by atoms with E-state index in [4.69, 9.17) is 9.90 Å². The first-order valence-electron chi connectivity index (χ1n) is 8.05. The van der Waals surface area contributed by atoms with Gasteiger partial charge in [0, 0.05) is 31.6 Å². The van der Waals surface area contributed by atoms with Gasteiger partial charge in [0.25, 0.3) is 0 Å². The van der Waals surface area contributed by atoms with Gasteiger partial charge in [-0.15, -0.1) is 0 Å². The third-order valence-corrected chi connectivity index (χ3v) is 5.24. The minimum absolute atomic E-state index is 0.125. The Labute approximate surface area is 147 Å². The van der Waals surface area contributed by atoms with Crippen LogP contribution in [0.3, 0.4) is 0 Å². The van der Waals surface area contributed by atoms with Crippen LogP contribution in [0.1, 0.15) is 37.7 Å². The van der Waals surface area contributed by atoms with Crippen molar-refractivity contribution >= 4 is 23.2 Å². The molecule has 3 rings (SSSR count). The van der Waals surface area contributed by atoms with Gasteiger partial charge in [-0.1, -0.05) is 0 Å². The van der Waals surface area contributed by atoms with Crippen molar-refractivity contribution in [3.63, 3.8) is 0 Å². The number of carbonyl (C=O) groups excluding carboxylic acids is 1. The van der Waals surface area contributed by atoms with Gasteiger partial charge in [0.05, 0.1) is 0 Å². The molecule has 2 saturated heterocycles. The van der Waals surface area contributed by atoms with E-state index in [-0.39, 0.29) is 11.4 Å². The fourth-order valence-electron chi connectivity index (χ4n) is 3.16. The van der Waals surface area contributed by atoms with Gasteiger partial charge >= 0.3 is 12.1 Å². The average Bonchev–Trinajstić information content (AvgIpc) is 3.02. The van der Waals surface area contributed by atoms with Crippen LogP contribution >= 0.6 is 11.3 Å². The molecule has 0 aromatic carbocycles. The Kier molecular flexibility index (Phi) is 6.45. The zero-order valence-corrected chi connectivity index (χ0v) is 14.5. The van der Waals surface area contributed by atoms with Gasteiger partial charge in [0.1, 0.15) is 0 Å². The highest BCUT2D eigenvalue weighted by Gasteiger charge is 2.38. The summed E-state index contributed by atoms with van der Waals surface area (Å²) in [5.41, 5.74) is 1.55. The third-order valence-electron chi connectivity index (χ3n) is 4.51. The van der Waals surface area contributed by atoms with E-state index in [0.717, 1.165) is 45.3 Å². The fraction of sp³-hybridized carbons (Fsp3) is 0.625. The predicted molar refractivity (Wildman–Crippen MR) is 87.2 cm³/mol. The predicted octanol–water partition coefficient (Wildman–Crippen LogP) is 3.02. The van der Waals surface area contributed by atoms with E-state index in [2.05, 4.69) is 27.0 Å². The maximum Gasteiger partial charge on any atom is 0.490 e. The van der Waals surface area contributed by atoms with Gasteiger partial charge in [0.2, 0.25) is 5.91 Å². The largest absolute Gasteiger partial charge is 0.490 e. The number of nitrogens with zero attached hydrogens (tertiary/aromatic N) is 1. The van der Waals surface area contributed by atoms with Crippen LogP contribution in [0.15, 0.2) is 16.8 Å². The van der Waals surface area contributed by atoms with Crippen LogP contribution in [-0.2, 0) is 16.1 Å². The summed E-state index contributed by atoms with van der Waals surface area (Å²) in [7, 11) is 0. The monoisotopic (exact) mass is 378 g/mol. The van der Waals surface area contributed by atoms with Gasteiger partial charge in [-0.05, 0) is 48.1 Å². The van der Waals surface area contributed by atoms with Crippen molar-refractivity contribution in [2.45, 2.75) is 50.4 Å². The second-order valence-electron chi connectivity index (χ2n) is 6.39. The Morgan fingerprint density at radius 1 is 1.32 bits per heavy atom. The third kappa shape index (κ3) is 6.00. The Morgan fingerprint density at radius 2 is 1.96 bits per heavy atom. The molecule has 0 unspecified atom stereocenters. The van der Waals surface area contributed by atoms with Crippen LogP contribution in [0.2, 0.25) is 0 Å². The summed E-state index contributed by atoms with van der Waals surface area (Å²) >= 11 is 1.77. The Hall–Kier alpha value is -1.61. The summed E-state index contributed by atoms with van der Waals surface area (Å²) in [4.78, 5) is 23.0. The lowest BCUT2D eigenvalue weighted by Crippen LogP contribution is -2.57.